The van der Waals surface area contributed by atoms with E-state index in [1.807, 2.05) is 0 Å². The van der Waals surface area contributed by atoms with E-state index in [9.17, 15) is 43.5 Å². The summed E-state index contributed by atoms with van der Waals surface area (Å²) in [5.74, 6) is 0. The fraction of sp³-hybridized carbons (Fsp3) is 1.00. The van der Waals surface area contributed by atoms with Crippen LogP contribution in [0.3, 0.4) is 0 Å². The number of hydrogen-bond donors (Lipinski definition) is 4. The normalized spacial score (nSPS) is 29.7. The summed E-state index contributed by atoms with van der Waals surface area (Å²) in [6.45, 7) is -3.50. The van der Waals surface area contributed by atoms with Crippen LogP contribution in [-0.2, 0) is 53.2 Å². The molecule has 1 unspecified atom stereocenters. The van der Waals surface area contributed by atoms with Crippen LogP contribution in [0.5, 0.6) is 0 Å². The van der Waals surface area contributed by atoms with Gasteiger partial charge in [-0.2, -0.15) is 38.4 Å². The van der Waals surface area contributed by atoms with Crippen LogP contribution in [0.15, 0.2) is 0 Å². The maximum atomic E-state index is 12.4. The molecule has 0 aromatic heterocycles. The van der Waals surface area contributed by atoms with Crippen LogP contribution in [0.2, 0.25) is 0 Å². The van der Waals surface area contributed by atoms with Crippen LogP contribution in [-0.4, -0.2) is 94.1 Å². The highest BCUT2D eigenvalue weighted by Crippen LogP contribution is 2.32. The van der Waals surface area contributed by atoms with Crippen LogP contribution < -0.4 is 0 Å². The molecule has 0 aliphatic carbocycles. The van der Waals surface area contributed by atoms with Crippen molar-refractivity contribution >= 4 is 31.2 Å². The Morgan fingerprint density at radius 3 is 1.59 bits per heavy atom. The van der Waals surface area contributed by atoms with E-state index in [1.54, 1.807) is 0 Å². The van der Waals surface area contributed by atoms with Gasteiger partial charge in [-0.05, 0) is 0 Å². The van der Waals surface area contributed by atoms with Gasteiger partial charge in [-0.15, -0.1) is 0 Å². The molecule has 0 amide bonds. The molecule has 1 rings (SSSR count). The lowest BCUT2D eigenvalue weighted by Gasteiger charge is -2.42. The predicted octanol–water partition coefficient (Wildman–Crippen LogP) is -2.15. The molecular formula is C8H13F3O15S3. The minimum absolute atomic E-state index is 1.34. The van der Waals surface area contributed by atoms with Gasteiger partial charge in [-0.3, -0.25) is 13.7 Å². The third-order valence-corrected chi connectivity index (χ3v) is 4.28. The highest BCUT2D eigenvalue weighted by atomic mass is 32.3. The zero-order chi connectivity index (χ0) is 22.8. The second-order valence-corrected chi connectivity index (χ2v) is 8.26. The van der Waals surface area contributed by atoms with Crippen LogP contribution in [0, 0.1) is 0 Å². The Morgan fingerprint density at radius 1 is 0.793 bits per heavy atom. The fourth-order valence-corrected chi connectivity index (χ4v) is 3.58. The van der Waals surface area contributed by atoms with Crippen molar-refractivity contribution in [1.82, 2.24) is 0 Å². The van der Waals surface area contributed by atoms with E-state index < -0.39 is 81.3 Å². The molecule has 1 aliphatic rings. The van der Waals surface area contributed by atoms with Gasteiger partial charge < -0.3 is 14.6 Å². The van der Waals surface area contributed by atoms with Gasteiger partial charge in [0.05, 0.1) is 6.61 Å². The molecule has 1 heterocycles. The largest absolute Gasteiger partial charge is 0.411 e. The molecule has 0 aromatic carbocycles. The average Bonchev–Trinajstić information content (AvgIpc) is 2.44. The van der Waals surface area contributed by atoms with Crippen LogP contribution in [0.4, 0.5) is 13.2 Å². The molecule has 0 bridgehead atoms. The van der Waals surface area contributed by atoms with Crippen LogP contribution in [0.25, 0.3) is 0 Å². The number of halogens is 3. The van der Waals surface area contributed by atoms with Gasteiger partial charge in [0.25, 0.3) is 0 Å². The lowest BCUT2D eigenvalue weighted by Crippen LogP contribution is -2.63. The fourth-order valence-electron chi connectivity index (χ4n) is 2.09. The molecule has 1 fully saturated rings. The van der Waals surface area contributed by atoms with Gasteiger partial charge in [0.15, 0.2) is 12.4 Å². The smallest absolute Gasteiger partial charge is 0.394 e. The van der Waals surface area contributed by atoms with Crippen molar-refractivity contribution in [1.29, 1.82) is 0 Å². The van der Waals surface area contributed by atoms with Gasteiger partial charge in [-0.25, -0.2) is 12.5 Å². The Labute approximate surface area is 161 Å². The Morgan fingerprint density at radius 2 is 1.21 bits per heavy atom. The Hall–Kier alpha value is -0.720. The summed E-state index contributed by atoms with van der Waals surface area (Å²) in [6, 6.07) is 0. The first-order valence-electron chi connectivity index (χ1n) is 6.73. The quantitative estimate of drug-likeness (QED) is 0.246. The molecule has 0 spiro atoms. The van der Waals surface area contributed by atoms with Crippen molar-refractivity contribution < 1.29 is 79.2 Å². The molecule has 0 aromatic rings. The zero-order valence-electron chi connectivity index (χ0n) is 13.4. The van der Waals surface area contributed by atoms with Crippen molar-refractivity contribution in [3.63, 3.8) is 0 Å². The summed E-state index contributed by atoms with van der Waals surface area (Å²) >= 11 is 0. The molecule has 1 saturated heterocycles. The number of aliphatic hydroxyl groups excluding tert-OH is 1. The summed E-state index contributed by atoms with van der Waals surface area (Å²) in [7, 11) is -16.8. The predicted molar refractivity (Wildman–Crippen MR) is 77.0 cm³/mol. The van der Waals surface area contributed by atoms with Crippen molar-refractivity contribution in [3.05, 3.63) is 0 Å². The first-order chi connectivity index (χ1) is 12.8. The zero-order valence-corrected chi connectivity index (χ0v) is 15.9. The summed E-state index contributed by atoms with van der Waals surface area (Å²) in [5.41, 5.74) is 0. The second-order valence-electron chi connectivity index (χ2n) is 5.12. The van der Waals surface area contributed by atoms with Gasteiger partial charge in [0.1, 0.15) is 24.9 Å². The summed E-state index contributed by atoms with van der Waals surface area (Å²) in [4.78, 5) is 0. The van der Waals surface area contributed by atoms with Gasteiger partial charge in [-0.1, -0.05) is 0 Å². The highest BCUT2D eigenvalue weighted by Gasteiger charge is 2.54. The molecule has 174 valence electrons. The first-order valence-corrected chi connectivity index (χ1v) is 10.8. The van der Waals surface area contributed by atoms with E-state index in [1.165, 1.54) is 0 Å². The Balaban J connectivity index is 3.45. The first kappa shape index (κ1) is 26.3. The van der Waals surface area contributed by atoms with E-state index in [0.717, 1.165) is 0 Å². The van der Waals surface area contributed by atoms with Crippen molar-refractivity contribution in [2.24, 2.45) is 0 Å². The van der Waals surface area contributed by atoms with Gasteiger partial charge >= 0.3 is 37.4 Å². The van der Waals surface area contributed by atoms with Crippen LogP contribution in [0.1, 0.15) is 0 Å². The van der Waals surface area contributed by atoms with E-state index in [2.05, 4.69) is 22.0 Å². The minimum atomic E-state index is -5.63. The highest BCUT2D eigenvalue weighted by molar-refractivity contribution is 7.81. The number of ether oxygens (including phenoxy) is 2. The van der Waals surface area contributed by atoms with Crippen LogP contribution >= 0.6 is 0 Å². The standard InChI is InChI=1S/C8H13F3O15S3/c9-8(10,11)2-22-7-6(26-29(19,20)21)5(25-28(16,17)18)4(3(1-12)23-7)24-27(13,14)15/h3-7,12H,1-2H2,(H,13,14,15)(H,16,17,18)(H,19,20,21)/t3-,4-,5+,6-,7?/m1/s1. The number of rotatable bonds is 9. The molecule has 15 nitrogen and oxygen atoms in total. The topological polar surface area (TPSA) is 229 Å². The lowest BCUT2D eigenvalue weighted by molar-refractivity contribution is -0.309. The molecule has 1 aliphatic heterocycles. The molecule has 29 heavy (non-hydrogen) atoms. The number of aliphatic hydroxyl groups is 1. The summed E-state index contributed by atoms with van der Waals surface area (Å²) in [5, 5.41) is 9.20. The van der Waals surface area contributed by atoms with E-state index in [0.29, 0.717) is 0 Å². The molecule has 4 N–H and O–H groups in total. The Kier molecular flexibility index (Phi) is 8.34. The van der Waals surface area contributed by atoms with E-state index in [4.69, 9.17) is 13.7 Å². The van der Waals surface area contributed by atoms with E-state index >= 15 is 0 Å². The SMILES string of the molecule is O=S(=O)(O)O[C@H]1[C@H](OS(=O)(=O)O)[C@@H](OS(=O)(=O)O)C(OCC(F)(F)F)O[C@@H]1CO. The maximum absolute atomic E-state index is 12.4. The third-order valence-electron chi connectivity index (χ3n) is 2.88. The molecule has 21 heteroatoms. The molecule has 0 saturated carbocycles. The molecule has 0 radical (unpaired) electrons. The number of alkyl halides is 3. The number of hydrogen-bond acceptors (Lipinski definition) is 12. The van der Waals surface area contributed by atoms with Crippen molar-refractivity contribution in [3.8, 4) is 0 Å². The van der Waals surface area contributed by atoms with E-state index in [-0.39, 0.29) is 0 Å². The maximum Gasteiger partial charge on any atom is 0.411 e. The summed E-state index contributed by atoms with van der Waals surface area (Å²) < 4.78 is 150. The average molecular weight is 502 g/mol. The lowest BCUT2D eigenvalue weighted by atomic mass is 9.99. The second kappa shape index (κ2) is 9.19. The molecule has 5 atom stereocenters. The van der Waals surface area contributed by atoms with Crippen molar-refractivity contribution in [2.45, 2.75) is 36.9 Å². The minimum Gasteiger partial charge on any atom is -0.394 e. The Bertz CT molecular complexity index is 865. The van der Waals surface area contributed by atoms with Gasteiger partial charge in [0, 0.05) is 0 Å². The molecular weight excluding hydrogens is 489 g/mol. The van der Waals surface area contributed by atoms with Crippen molar-refractivity contribution in [2.75, 3.05) is 13.2 Å². The monoisotopic (exact) mass is 502 g/mol. The van der Waals surface area contributed by atoms with Gasteiger partial charge in [0.2, 0.25) is 0 Å². The third kappa shape index (κ3) is 9.75. The summed E-state index contributed by atoms with van der Waals surface area (Å²) in [6.07, 6.45) is -17.8.